The minimum atomic E-state index is -0.217. The van der Waals surface area contributed by atoms with E-state index in [9.17, 15) is 9.59 Å². The van der Waals surface area contributed by atoms with E-state index < -0.39 is 0 Å². The van der Waals surface area contributed by atoms with Crippen LogP contribution in [0.4, 0.5) is 0 Å². The normalized spacial score (nSPS) is 19.2. The average Bonchev–Trinajstić information content (AvgIpc) is 3.32. The molecule has 5 rings (SSSR count). The summed E-state index contributed by atoms with van der Waals surface area (Å²) in [5.74, 6) is 0.507. The summed E-state index contributed by atoms with van der Waals surface area (Å²) in [6, 6.07) is 9.32. The van der Waals surface area contributed by atoms with E-state index in [2.05, 4.69) is 32.4 Å². The van der Waals surface area contributed by atoms with Crippen LogP contribution in [0.3, 0.4) is 0 Å². The van der Waals surface area contributed by atoms with Crippen LogP contribution in [0.25, 0.3) is 0 Å². The fourth-order valence-corrected chi connectivity index (χ4v) is 5.26. The summed E-state index contributed by atoms with van der Waals surface area (Å²) < 4.78 is 0. The first-order valence-corrected chi connectivity index (χ1v) is 11.7. The number of aromatic nitrogens is 3. The van der Waals surface area contributed by atoms with E-state index in [0.29, 0.717) is 24.6 Å². The maximum atomic E-state index is 13.1. The number of aromatic amines is 1. The highest BCUT2D eigenvalue weighted by molar-refractivity contribution is 7.09. The van der Waals surface area contributed by atoms with E-state index >= 15 is 0 Å². The van der Waals surface area contributed by atoms with Crippen molar-refractivity contribution in [1.82, 2.24) is 24.8 Å². The Bertz CT molecular complexity index is 1110. The molecule has 2 aliphatic rings. The zero-order valence-electron chi connectivity index (χ0n) is 17.3. The second-order valence-electron chi connectivity index (χ2n) is 8.14. The number of nitrogens with one attached hydrogen (secondary N) is 1. The molecular formula is C23H25N5O2S. The van der Waals surface area contributed by atoms with Gasteiger partial charge in [-0.1, -0.05) is 12.1 Å². The Kier molecular flexibility index (Phi) is 5.65. The van der Waals surface area contributed by atoms with Gasteiger partial charge in [0.2, 0.25) is 0 Å². The van der Waals surface area contributed by atoms with Crippen molar-refractivity contribution in [3.63, 3.8) is 0 Å². The van der Waals surface area contributed by atoms with Gasteiger partial charge < -0.3 is 9.88 Å². The summed E-state index contributed by atoms with van der Waals surface area (Å²) in [6.07, 6.45) is 5.13. The second kappa shape index (κ2) is 8.72. The molecule has 31 heavy (non-hydrogen) atoms. The summed E-state index contributed by atoms with van der Waals surface area (Å²) in [6.45, 7) is 2.99. The number of likely N-dealkylation sites (tertiary alicyclic amines) is 1. The lowest BCUT2D eigenvalue weighted by molar-refractivity contribution is 0.0592. The molecule has 0 saturated carbocycles. The minimum absolute atomic E-state index is 0.0771. The molecule has 3 aromatic heterocycles. The van der Waals surface area contributed by atoms with Crippen LogP contribution in [0, 0.1) is 0 Å². The van der Waals surface area contributed by atoms with Gasteiger partial charge in [0.15, 0.2) is 0 Å². The van der Waals surface area contributed by atoms with Gasteiger partial charge in [-0.15, -0.1) is 11.3 Å². The first kappa shape index (κ1) is 20.1. The molecule has 0 radical (unpaired) electrons. The number of piperidine rings is 1. The molecule has 5 heterocycles. The van der Waals surface area contributed by atoms with Crippen molar-refractivity contribution < 1.29 is 4.79 Å². The quantitative estimate of drug-likeness (QED) is 0.681. The molecule has 0 bridgehead atoms. The van der Waals surface area contributed by atoms with Crippen LogP contribution in [0.15, 0.2) is 46.7 Å². The van der Waals surface area contributed by atoms with Crippen LogP contribution < -0.4 is 5.56 Å². The summed E-state index contributed by atoms with van der Waals surface area (Å²) in [7, 11) is 0. The van der Waals surface area contributed by atoms with Crippen molar-refractivity contribution in [2.45, 2.75) is 44.8 Å². The molecule has 160 valence electrons. The predicted octanol–water partition coefficient (Wildman–Crippen LogP) is 3.15. The number of rotatable bonds is 4. The van der Waals surface area contributed by atoms with Crippen LogP contribution in [-0.2, 0) is 19.5 Å². The maximum absolute atomic E-state index is 13.1. The Morgan fingerprint density at radius 1 is 1.19 bits per heavy atom. The molecule has 1 amide bonds. The summed E-state index contributed by atoms with van der Waals surface area (Å²) in [4.78, 5) is 43.6. The minimum Gasteiger partial charge on any atom is -0.327 e. The number of hydrogen-bond acceptors (Lipinski definition) is 6. The first-order chi connectivity index (χ1) is 15.2. The van der Waals surface area contributed by atoms with Crippen LogP contribution in [0.1, 0.15) is 57.8 Å². The van der Waals surface area contributed by atoms with E-state index in [1.807, 2.05) is 11.0 Å². The number of nitrogens with zero attached hydrogens (tertiary/aromatic N) is 4. The van der Waals surface area contributed by atoms with E-state index in [1.165, 1.54) is 4.88 Å². The van der Waals surface area contributed by atoms with Crippen LogP contribution in [0.2, 0.25) is 0 Å². The zero-order valence-corrected chi connectivity index (χ0v) is 18.1. The number of hydrogen-bond donors (Lipinski definition) is 1. The monoisotopic (exact) mass is 435 g/mol. The molecular weight excluding hydrogens is 410 g/mol. The topological polar surface area (TPSA) is 82.2 Å². The largest absolute Gasteiger partial charge is 0.327 e. The van der Waals surface area contributed by atoms with Crippen molar-refractivity contribution >= 4 is 17.2 Å². The van der Waals surface area contributed by atoms with Gasteiger partial charge in [0.1, 0.15) is 11.5 Å². The van der Waals surface area contributed by atoms with Crippen LogP contribution in [0.5, 0.6) is 0 Å². The smallest absolute Gasteiger partial charge is 0.273 e. The maximum Gasteiger partial charge on any atom is 0.273 e. The zero-order chi connectivity index (χ0) is 21.2. The number of thiophene rings is 1. The molecule has 0 aromatic carbocycles. The standard InChI is InChI=1S/C23H25N5O2S/c29-22-17-15-27(14-16-6-5-13-31-16)12-9-18(17)25-21(26-22)20-8-2-4-11-28(20)23(30)19-7-1-3-10-24-19/h1,3,5-7,10,13,20H,2,4,8-9,11-12,14-15H2,(H,25,26,29). The number of fused-ring (bicyclic) bond motifs is 1. The van der Waals surface area contributed by atoms with E-state index in [1.54, 1.807) is 29.7 Å². The van der Waals surface area contributed by atoms with Gasteiger partial charge in [-0.05, 0) is 42.8 Å². The molecule has 0 spiro atoms. The highest BCUT2D eigenvalue weighted by atomic mass is 32.1. The van der Waals surface area contributed by atoms with E-state index in [0.717, 1.165) is 50.0 Å². The fraction of sp³-hybridized carbons (Fsp3) is 0.391. The van der Waals surface area contributed by atoms with Gasteiger partial charge >= 0.3 is 0 Å². The SMILES string of the molecule is O=C(c1ccccn1)N1CCCCC1c1nc2c(c(=O)[nH]1)CN(Cc1cccs1)CC2. The van der Waals surface area contributed by atoms with Gasteiger partial charge in [0.05, 0.1) is 17.3 Å². The van der Waals surface area contributed by atoms with Crippen molar-refractivity contribution in [3.8, 4) is 0 Å². The number of amides is 1. The van der Waals surface area contributed by atoms with Gasteiger partial charge in [-0.25, -0.2) is 4.98 Å². The fourth-order valence-electron chi connectivity index (χ4n) is 4.51. The molecule has 1 unspecified atom stereocenters. The van der Waals surface area contributed by atoms with Crippen molar-refractivity contribution in [2.24, 2.45) is 0 Å². The second-order valence-corrected chi connectivity index (χ2v) is 9.17. The molecule has 1 fully saturated rings. The van der Waals surface area contributed by atoms with Gasteiger partial charge in [-0.3, -0.25) is 19.5 Å². The Morgan fingerprint density at radius 2 is 2.13 bits per heavy atom. The van der Waals surface area contributed by atoms with Gasteiger partial charge in [-0.2, -0.15) is 0 Å². The highest BCUT2D eigenvalue weighted by Crippen LogP contribution is 2.30. The lowest BCUT2D eigenvalue weighted by Crippen LogP contribution is -2.41. The Morgan fingerprint density at radius 3 is 2.94 bits per heavy atom. The summed E-state index contributed by atoms with van der Waals surface area (Å²) in [5.41, 5.74) is 1.98. The lowest BCUT2D eigenvalue weighted by atomic mass is 9.99. The van der Waals surface area contributed by atoms with Crippen LogP contribution >= 0.6 is 11.3 Å². The molecule has 8 heteroatoms. The third-order valence-corrected chi connectivity index (χ3v) is 6.95. The number of carbonyl (C=O) groups excluding carboxylic acids is 1. The third-order valence-electron chi connectivity index (χ3n) is 6.09. The highest BCUT2D eigenvalue weighted by Gasteiger charge is 2.32. The van der Waals surface area contributed by atoms with Gasteiger partial charge in [0, 0.05) is 43.7 Å². The molecule has 1 saturated heterocycles. The molecule has 0 aliphatic carbocycles. The van der Waals surface area contributed by atoms with E-state index in [4.69, 9.17) is 4.98 Å². The van der Waals surface area contributed by atoms with Crippen molar-refractivity contribution in [2.75, 3.05) is 13.1 Å². The van der Waals surface area contributed by atoms with Crippen molar-refractivity contribution in [1.29, 1.82) is 0 Å². The molecule has 7 nitrogen and oxygen atoms in total. The predicted molar refractivity (Wildman–Crippen MR) is 119 cm³/mol. The third kappa shape index (κ3) is 4.18. The van der Waals surface area contributed by atoms with Crippen LogP contribution in [-0.4, -0.2) is 43.7 Å². The molecule has 1 atom stereocenters. The molecule has 1 N–H and O–H groups in total. The van der Waals surface area contributed by atoms with Gasteiger partial charge in [0.25, 0.3) is 11.5 Å². The lowest BCUT2D eigenvalue weighted by Gasteiger charge is -2.35. The molecule has 3 aromatic rings. The average molecular weight is 436 g/mol. The number of carbonyl (C=O) groups is 1. The number of H-pyrrole nitrogens is 1. The Hall–Kier alpha value is -2.84. The summed E-state index contributed by atoms with van der Waals surface area (Å²) >= 11 is 1.74. The molecule has 2 aliphatic heterocycles. The first-order valence-electron chi connectivity index (χ1n) is 10.8. The number of pyridine rings is 1. The Labute approximate surface area is 184 Å². The van der Waals surface area contributed by atoms with E-state index in [-0.39, 0.29) is 17.5 Å². The summed E-state index contributed by atoms with van der Waals surface area (Å²) in [5, 5.41) is 2.08. The Balaban J connectivity index is 1.39. The van der Waals surface area contributed by atoms with Crippen molar-refractivity contribution in [3.05, 3.63) is 79.9 Å².